The number of nitro groups is 1. The van der Waals surface area contributed by atoms with E-state index in [1.54, 1.807) is 0 Å². The van der Waals surface area contributed by atoms with E-state index in [0.717, 1.165) is 19.2 Å². The fourth-order valence-corrected chi connectivity index (χ4v) is 2.23. The molecule has 25 heavy (non-hydrogen) atoms. The van der Waals surface area contributed by atoms with Crippen molar-refractivity contribution in [3.05, 3.63) is 33.9 Å². The molecular formula is C14H15NO10. The van der Waals surface area contributed by atoms with Gasteiger partial charge in [0.25, 0.3) is 0 Å². The minimum absolute atomic E-state index is 0.0204. The molecule has 0 amide bonds. The van der Waals surface area contributed by atoms with Gasteiger partial charge in [-0.15, -0.1) is 0 Å². The van der Waals surface area contributed by atoms with Gasteiger partial charge in [0.05, 0.1) is 12.0 Å². The molecule has 0 saturated carbocycles. The van der Waals surface area contributed by atoms with Crippen LogP contribution in [-0.2, 0) is 14.3 Å². The molecule has 1 fully saturated rings. The van der Waals surface area contributed by atoms with Crippen LogP contribution in [0.2, 0.25) is 0 Å². The van der Waals surface area contributed by atoms with Crippen LogP contribution in [0.5, 0.6) is 5.75 Å². The van der Waals surface area contributed by atoms with Crippen molar-refractivity contribution in [2.75, 3.05) is 7.11 Å². The maximum absolute atomic E-state index is 11.6. The number of nitrogens with zero attached hydrogens (tertiary/aromatic N) is 1. The SMILES string of the molecule is COC(=O)C1O[C@@H](Oc2ccc(C=O)cc2[N+](=O)[O-])[C@@H](O)C(O)[C@@H]1O. The second-order valence-electron chi connectivity index (χ2n) is 5.14. The van der Waals surface area contributed by atoms with E-state index in [9.17, 15) is 35.0 Å². The van der Waals surface area contributed by atoms with Crippen LogP contribution in [-0.4, -0.2) is 70.3 Å². The number of aliphatic hydroxyl groups is 3. The minimum Gasteiger partial charge on any atom is -0.467 e. The standard InChI is InChI=1S/C14H15NO10/c1-23-13(20)12-10(18)9(17)11(19)14(25-12)24-8-3-2-6(5-16)4-7(8)15(21)22/h2-5,9-12,14,17-19H,1H3/t9?,10-,11-,12?,14+/m0/s1. The maximum atomic E-state index is 11.6. The van der Waals surface area contributed by atoms with Crippen LogP contribution < -0.4 is 4.74 Å². The molecule has 11 heteroatoms. The summed E-state index contributed by atoms with van der Waals surface area (Å²) in [4.78, 5) is 32.6. The number of hydrogen-bond donors (Lipinski definition) is 3. The number of carbonyl (C=O) groups is 2. The molecule has 11 nitrogen and oxygen atoms in total. The highest BCUT2D eigenvalue weighted by Gasteiger charge is 2.48. The number of esters is 1. The Morgan fingerprint density at radius 1 is 1.28 bits per heavy atom. The molecule has 1 aliphatic heterocycles. The number of rotatable bonds is 5. The lowest BCUT2D eigenvalue weighted by Gasteiger charge is -2.38. The summed E-state index contributed by atoms with van der Waals surface area (Å²) in [5.41, 5.74) is -0.567. The molecule has 1 aliphatic rings. The Bertz CT molecular complexity index is 678. The van der Waals surface area contributed by atoms with Crippen LogP contribution in [0, 0.1) is 10.1 Å². The highest BCUT2D eigenvalue weighted by Crippen LogP contribution is 2.31. The van der Waals surface area contributed by atoms with Crippen molar-refractivity contribution in [1.29, 1.82) is 0 Å². The largest absolute Gasteiger partial charge is 0.467 e. The van der Waals surface area contributed by atoms with Crippen LogP contribution in [0.1, 0.15) is 10.4 Å². The van der Waals surface area contributed by atoms with Crippen molar-refractivity contribution < 1.29 is 44.0 Å². The van der Waals surface area contributed by atoms with Crippen molar-refractivity contribution in [1.82, 2.24) is 0 Å². The van der Waals surface area contributed by atoms with Gasteiger partial charge in [-0.05, 0) is 12.1 Å². The topological polar surface area (TPSA) is 166 Å². The molecule has 0 aromatic heterocycles. The smallest absolute Gasteiger partial charge is 0.337 e. The van der Waals surface area contributed by atoms with E-state index >= 15 is 0 Å². The number of ether oxygens (including phenoxy) is 3. The van der Waals surface area contributed by atoms with Gasteiger partial charge < -0.3 is 29.5 Å². The molecule has 0 spiro atoms. The Morgan fingerprint density at radius 2 is 1.96 bits per heavy atom. The molecule has 0 radical (unpaired) electrons. The molecule has 1 heterocycles. The van der Waals surface area contributed by atoms with Gasteiger partial charge in [-0.3, -0.25) is 14.9 Å². The maximum Gasteiger partial charge on any atom is 0.337 e. The number of methoxy groups -OCH3 is 1. The number of nitro benzene ring substituents is 1. The van der Waals surface area contributed by atoms with Crippen LogP contribution in [0.3, 0.4) is 0 Å². The van der Waals surface area contributed by atoms with E-state index in [-0.39, 0.29) is 11.3 Å². The second-order valence-corrected chi connectivity index (χ2v) is 5.14. The predicted octanol–water partition coefficient (Wildman–Crippen LogP) is -1.23. The molecule has 1 saturated heterocycles. The first-order valence-electron chi connectivity index (χ1n) is 6.98. The lowest BCUT2D eigenvalue weighted by molar-refractivity contribution is -0.387. The summed E-state index contributed by atoms with van der Waals surface area (Å²) in [6, 6.07) is 3.27. The third kappa shape index (κ3) is 3.74. The van der Waals surface area contributed by atoms with Gasteiger partial charge >= 0.3 is 11.7 Å². The van der Waals surface area contributed by atoms with Gasteiger partial charge in [-0.25, -0.2) is 4.79 Å². The zero-order valence-electron chi connectivity index (χ0n) is 12.8. The number of benzene rings is 1. The fraction of sp³-hybridized carbons (Fsp3) is 0.429. The number of carbonyl (C=O) groups excluding carboxylic acids is 2. The third-order valence-electron chi connectivity index (χ3n) is 3.56. The van der Waals surface area contributed by atoms with Gasteiger partial charge in [0.2, 0.25) is 6.29 Å². The summed E-state index contributed by atoms with van der Waals surface area (Å²) in [7, 11) is 1.02. The molecule has 2 unspecified atom stereocenters. The van der Waals surface area contributed by atoms with Crippen LogP contribution in [0.15, 0.2) is 18.2 Å². The number of aldehydes is 1. The monoisotopic (exact) mass is 357 g/mol. The van der Waals surface area contributed by atoms with E-state index in [1.807, 2.05) is 0 Å². The van der Waals surface area contributed by atoms with Crippen molar-refractivity contribution in [2.45, 2.75) is 30.7 Å². The first-order valence-corrected chi connectivity index (χ1v) is 6.98. The lowest BCUT2D eigenvalue weighted by atomic mass is 9.99. The molecule has 5 atom stereocenters. The Labute approximate surface area is 140 Å². The summed E-state index contributed by atoms with van der Waals surface area (Å²) in [5, 5.41) is 40.6. The normalized spacial score (nSPS) is 28.9. The molecule has 1 aromatic carbocycles. The van der Waals surface area contributed by atoms with Gasteiger partial charge in [-0.1, -0.05) is 0 Å². The summed E-state index contributed by atoms with van der Waals surface area (Å²) in [6.45, 7) is 0. The average Bonchev–Trinajstić information content (AvgIpc) is 2.61. The molecule has 2 rings (SSSR count). The lowest BCUT2D eigenvalue weighted by Crippen LogP contribution is -2.61. The highest BCUT2D eigenvalue weighted by molar-refractivity contribution is 5.77. The van der Waals surface area contributed by atoms with E-state index in [4.69, 9.17) is 9.47 Å². The van der Waals surface area contributed by atoms with E-state index in [1.165, 1.54) is 6.07 Å². The van der Waals surface area contributed by atoms with Crippen molar-refractivity contribution in [2.24, 2.45) is 0 Å². The third-order valence-corrected chi connectivity index (χ3v) is 3.56. The van der Waals surface area contributed by atoms with Crippen LogP contribution in [0.25, 0.3) is 0 Å². The molecule has 3 N–H and O–H groups in total. The molecule has 136 valence electrons. The quantitative estimate of drug-likeness (QED) is 0.251. The summed E-state index contributed by atoms with van der Waals surface area (Å²) < 4.78 is 14.7. The van der Waals surface area contributed by atoms with Crippen molar-refractivity contribution in [3.8, 4) is 5.75 Å². The van der Waals surface area contributed by atoms with Crippen molar-refractivity contribution in [3.63, 3.8) is 0 Å². The minimum atomic E-state index is -1.82. The molecule has 1 aromatic rings. The van der Waals surface area contributed by atoms with Gasteiger partial charge in [0, 0.05) is 11.6 Å². The summed E-state index contributed by atoms with van der Waals surface area (Å²) >= 11 is 0. The number of hydrogen-bond acceptors (Lipinski definition) is 10. The first-order chi connectivity index (χ1) is 11.8. The zero-order chi connectivity index (χ0) is 18.7. The number of aliphatic hydroxyl groups excluding tert-OH is 3. The summed E-state index contributed by atoms with van der Waals surface area (Å²) in [5.74, 6) is -1.40. The summed E-state index contributed by atoms with van der Waals surface area (Å²) in [6.07, 6.45) is -8.38. The van der Waals surface area contributed by atoms with Gasteiger partial charge in [-0.2, -0.15) is 0 Å². The van der Waals surface area contributed by atoms with Crippen molar-refractivity contribution >= 4 is 17.9 Å². The fourth-order valence-electron chi connectivity index (χ4n) is 2.23. The Balaban J connectivity index is 2.30. The Kier molecular flexibility index (Phi) is 5.64. The second kappa shape index (κ2) is 7.53. The zero-order valence-corrected chi connectivity index (χ0v) is 12.8. The average molecular weight is 357 g/mol. The Morgan fingerprint density at radius 3 is 2.52 bits per heavy atom. The van der Waals surface area contributed by atoms with E-state index < -0.39 is 47.3 Å². The van der Waals surface area contributed by atoms with E-state index in [2.05, 4.69) is 4.74 Å². The molecule has 0 aliphatic carbocycles. The first kappa shape index (κ1) is 18.7. The van der Waals surface area contributed by atoms with E-state index in [0.29, 0.717) is 6.29 Å². The Hall–Kier alpha value is -2.60. The van der Waals surface area contributed by atoms with Gasteiger partial charge in [0.15, 0.2) is 11.9 Å². The van der Waals surface area contributed by atoms with Crippen LogP contribution in [0.4, 0.5) is 5.69 Å². The van der Waals surface area contributed by atoms with Crippen LogP contribution >= 0.6 is 0 Å². The predicted molar refractivity (Wildman–Crippen MR) is 77.8 cm³/mol. The molecule has 0 bridgehead atoms. The highest BCUT2D eigenvalue weighted by atomic mass is 16.7. The molecular weight excluding hydrogens is 342 g/mol. The van der Waals surface area contributed by atoms with Gasteiger partial charge in [0.1, 0.15) is 24.6 Å².